The van der Waals surface area contributed by atoms with E-state index in [2.05, 4.69) is 32.9 Å². The fourth-order valence-corrected chi connectivity index (χ4v) is 2.42. The molecule has 1 unspecified atom stereocenters. The summed E-state index contributed by atoms with van der Waals surface area (Å²) in [5.41, 5.74) is 7.08. The molecule has 0 radical (unpaired) electrons. The predicted molar refractivity (Wildman–Crippen MR) is 75.5 cm³/mol. The number of nitrogens with zero attached hydrogens (tertiary/aromatic N) is 3. The lowest BCUT2D eigenvalue weighted by atomic mass is 10.1. The Labute approximate surface area is 119 Å². The third-order valence-electron chi connectivity index (χ3n) is 2.68. The van der Waals surface area contributed by atoms with Crippen molar-refractivity contribution in [2.75, 3.05) is 0 Å². The first-order chi connectivity index (χ1) is 8.65. The third-order valence-corrected chi connectivity index (χ3v) is 3.99. The van der Waals surface area contributed by atoms with Gasteiger partial charge in [0, 0.05) is 11.0 Å². The minimum absolute atomic E-state index is 0.371. The number of benzene rings is 1. The van der Waals surface area contributed by atoms with Gasteiger partial charge in [-0.15, -0.1) is 0 Å². The molecule has 0 aliphatic rings. The molecule has 96 valence electrons. The van der Waals surface area contributed by atoms with Gasteiger partial charge in [-0.1, -0.05) is 30.7 Å². The van der Waals surface area contributed by atoms with E-state index in [1.807, 2.05) is 22.9 Å². The summed E-state index contributed by atoms with van der Waals surface area (Å²) in [6.07, 6.45) is 2.51. The number of hydrogen-bond acceptors (Lipinski definition) is 3. The first-order valence-electron chi connectivity index (χ1n) is 5.72. The summed E-state index contributed by atoms with van der Waals surface area (Å²) >= 11 is 9.65. The van der Waals surface area contributed by atoms with Crippen LogP contribution in [-0.4, -0.2) is 14.8 Å². The van der Waals surface area contributed by atoms with E-state index in [0.29, 0.717) is 5.02 Å². The van der Waals surface area contributed by atoms with Crippen molar-refractivity contribution < 1.29 is 0 Å². The molecule has 0 aliphatic heterocycles. The minimum Gasteiger partial charge on any atom is -0.318 e. The highest BCUT2D eigenvalue weighted by molar-refractivity contribution is 9.10. The summed E-state index contributed by atoms with van der Waals surface area (Å²) in [7, 11) is 0. The van der Waals surface area contributed by atoms with Gasteiger partial charge in [0.05, 0.1) is 11.1 Å². The molecule has 0 aliphatic carbocycles. The van der Waals surface area contributed by atoms with Crippen LogP contribution in [0.5, 0.6) is 0 Å². The quantitative estimate of drug-likeness (QED) is 0.937. The standard InChI is InChI=1S/C12H14BrClN4/c1-2-6-18-12(16-7-17-18)11(15)8-4-3-5-9(13)10(8)14/h3-5,7,11H,2,6,15H2,1H3. The molecular weight excluding hydrogens is 316 g/mol. The summed E-state index contributed by atoms with van der Waals surface area (Å²) in [5.74, 6) is 0.733. The molecule has 2 rings (SSSR count). The molecule has 6 heteroatoms. The van der Waals surface area contributed by atoms with Crippen molar-refractivity contribution in [2.24, 2.45) is 5.73 Å². The van der Waals surface area contributed by atoms with E-state index in [1.54, 1.807) is 0 Å². The average Bonchev–Trinajstić information content (AvgIpc) is 2.80. The fourth-order valence-electron chi connectivity index (χ4n) is 1.80. The van der Waals surface area contributed by atoms with Crippen LogP contribution in [0.25, 0.3) is 0 Å². The van der Waals surface area contributed by atoms with Crippen LogP contribution in [0.4, 0.5) is 0 Å². The van der Waals surface area contributed by atoms with Crippen molar-refractivity contribution in [3.63, 3.8) is 0 Å². The van der Waals surface area contributed by atoms with Crippen LogP contribution < -0.4 is 5.73 Å². The van der Waals surface area contributed by atoms with Crippen LogP contribution in [0, 0.1) is 0 Å². The van der Waals surface area contributed by atoms with Crippen molar-refractivity contribution in [3.05, 3.63) is 45.4 Å². The SMILES string of the molecule is CCCn1ncnc1C(N)c1cccc(Br)c1Cl. The van der Waals surface area contributed by atoms with Crippen LogP contribution in [0.3, 0.4) is 0 Å². The van der Waals surface area contributed by atoms with Gasteiger partial charge < -0.3 is 5.73 Å². The van der Waals surface area contributed by atoms with Crippen LogP contribution >= 0.6 is 27.5 Å². The van der Waals surface area contributed by atoms with Gasteiger partial charge in [0.2, 0.25) is 0 Å². The van der Waals surface area contributed by atoms with E-state index in [-0.39, 0.29) is 6.04 Å². The zero-order chi connectivity index (χ0) is 13.1. The first-order valence-corrected chi connectivity index (χ1v) is 6.89. The monoisotopic (exact) mass is 328 g/mol. The van der Waals surface area contributed by atoms with E-state index in [9.17, 15) is 0 Å². The van der Waals surface area contributed by atoms with Crippen molar-refractivity contribution in [1.29, 1.82) is 0 Å². The molecule has 0 amide bonds. The van der Waals surface area contributed by atoms with Crippen molar-refractivity contribution in [3.8, 4) is 0 Å². The second-order valence-corrected chi connectivity index (χ2v) is 5.19. The van der Waals surface area contributed by atoms with Crippen LogP contribution in [0.2, 0.25) is 5.02 Å². The van der Waals surface area contributed by atoms with Gasteiger partial charge in [-0.05, 0) is 34.0 Å². The summed E-state index contributed by atoms with van der Waals surface area (Å²) < 4.78 is 2.65. The second-order valence-electron chi connectivity index (χ2n) is 3.96. The molecule has 18 heavy (non-hydrogen) atoms. The molecule has 1 aromatic heterocycles. The molecule has 0 fully saturated rings. The molecule has 1 heterocycles. The Morgan fingerprint density at radius 1 is 1.50 bits per heavy atom. The smallest absolute Gasteiger partial charge is 0.148 e. The molecule has 4 nitrogen and oxygen atoms in total. The molecule has 1 aromatic carbocycles. The summed E-state index contributed by atoms with van der Waals surface area (Å²) in [6, 6.07) is 5.33. The molecule has 2 aromatic rings. The Balaban J connectivity index is 2.38. The maximum atomic E-state index is 6.25. The normalized spacial score (nSPS) is 12.7. The van der Waals surface area contributed by atoms with E-state index >= 15 is 0 Å². The number of halogens is 2. The van der Waals surface area contributed by atoms with Gasteiger partial charge in [-0.3, -0.25) is 0 Å². The molecule has 2 N–H and O–H groups in total. The van der Waals surface area contributed by atoms with E-state index in [1.165, 1.54) is 6.33 Å². The second kappa shape index (κ2) is 5.82. The molecule has 0 spiro atoms. The van der Waals surface area contributed by atoms with Gasteiger partial charge in [-0.25, -0.2) is 9.67 Å². The zero-order valence-corrected chi connectivity index (χ0v) is 12.3. The Kier molecular flexibility index (Phi) is 4.37. The number of nitrogens with two attached hydrogens (primary N) is 1. The maximum absolute atomic E-state index is 6.25. The van der Waals surface area contributed by atoms with E-state index in [4.69, 9.17) is 17.3 Å². The molecular formula is C12H14BrClN4. The largest absolute Gasteiger partial charge is 0.318 e. The van der Waals surface area contributed by atoms with Crippen LogP contribution in [-0.2, 0) is 6.54 Å². The lowest BCUT2D eigenvalue weighted by Crippen LogP contribution is -2.19. The predicted octanol–water partition coefficient (Wildman–Crippen LogP) is 3.15. The molecule has 1 atom stereocenters. The first kappa shape index (κ1) is 13.5. The van der Waals surface area contributed by atoms with Crippen LogP contribution in [0.1, 0.15) is 30.8 Å². The van der Waals surface area contributed by atoms with Gasteiger partial charge in [0.15, 0.2) is 0 Å². The van der Waals surface area contributed by atoms with Gasteiger partial charge in [-0.2, -0.15) is 5.10 Å². The zero-order valence-electron chi connectivity index (χ0n) is 9.98. The Morgan fingerprint density at radius 2 is 2.28 bits per heavy atom. The van der Waals surface area contributed by atoms with Gasteiger partial charge in [0.25, 0.3) is 0 Å². The maximum Gasteiger partial charge on any atom is 0.148 e. The highest BCUT2D eigenvalue weighted by Gasteiger charge is 2.19. The van der Waals surface area contributed by atoms with E-state index in [0.717, 1.165) is 28.8 Å². The summed E-state index contributed by atoms with van der Waals surface area (Å²) in [6.45, 7) is 2.89. The van der Waals surface area contributed by atoms with Crippen molar-refractivity contribution >= 4 is 27.5 Å². The number of rotatable bonds is 4. The highest BCUT2D eigenvalue weighted by Crippen LogP contribution is 2.31. The number of aryl methyl sites for hydroxylation is 1. The van der Waals surface area contributed by atoms with Crippen molar-refractivity contribution in [1.82, 2.24) is 14.8 Å². The minimum atomic E-state index is -0.371. The van der Waals surface area contributed by atoms with E-state index < -0.39 is 0 Å². The lowest BCUT2D eigenvalue weighted by Gasteiger charge is -2.14. The summed E-state index contributed by atoms with van der Waals surface area (Å²) in [4.78, 5) is 4.23. The molecule has 0 saturated heterocycles. The van der Waals surface area contributed by atoms with Crippen molar-refractivity contribution in [2.45, 2.75) is 25.9 Å². The lowest BCUT2D eigenvalue weighted by molar-refractivity contribution is 0.553. The van der Waals surface area contributed by atoms with Gasteiger partial charge in [0.1, 0.15) is 12.2 Å². The molecule has 0 bridgehead atoms. The Hall–Kier alpha value is -0.910. The highest BCUT2D eigenvalue weighted by atomic mass is 79.9. The number of hydrogen-bond donors (Lipinski definition) is 1. The fraction of sp³-hybridized carbons (Fsp3) is 0.333. The topological polar surface area (TPSA) is 56.7 Å². The average molecular weight is 330 g/mol. The number of aromatic nitrogens is 3. The third kappa shape index (κ3) is 2.58. The van der Waals surface area contributed by atoms with Crippen LogP contribution in [0.15, 0.2) is 29.0 Å². The Morgan fingerprint density at radius 3 is 3.00 bits per heavy atom. The molecule has 0 saturated carbocycles. The Bertz CT molecular complexity index is 541. The van der Waals surface area contributed by atoms with Gasteiger partial charge >= 0.3 is 0 Å². The summed E-state index contributed by atoms with van der Waals surface area (Å²) in [5, 5.41) is 4.80.